The number of nitrogens with zero attached hydrogens (tertiary/aromatic N) is 2. The van der Waals surface area contributed by atoms with E-state index in [0.717, 1.165) is 42.6 Å². The molecular weight excluding hydrogens is 292 g/mol. The Morgan fingerprint density at radius 3 is 2.83 bits per heavy atom. The van der Waals surface area contributed by atoms with E-state index in [9.17, 15) is 4.79 Å². The molecule has 2 aromatic heterocycles. The molecule has 2 N–H and O–H groups in total. The van der Waals surface area contributed by atoms with Crippen molar-refractivity contribution in [3.8, 4) is 5.75 Å². The Morgan fingerprint density at radius 1 is 1.13 bits per heavy atom. The fourth-order valence-electron chi connectivity index (χ4n) is 3.09. The minimum Gasteiger partial charge on any atom is -0.490 e. The molecule has 4 rings (SSSR count). The number of hydrogen-bond donors (Lipinski definition) is 2. The van der Waals surface area contributed by atoms with Gasteiger partial charge in [0.2, 0.25) is 0 Å². The third-order valence-electron chi connectivity index (χ3n) is 4.28. The first kappa shape index (κ1) is 13.9. The van der Waals surface area contributed by atoms with Gasteiger partial charge in [-0.15, -0.1) is 0 Å². The maximum atomic E-state index is 11.8. The highest BCUT2D eigenvalue weighted by Gasteiger charge is 2.23. The van der Waals surface area contributed by atoms with Crippen molar-refractivity contribution in [2.24, 2.45) is 0 Å². The lowest BCUT2D eigenvalue weighted by Crippen LogP contribution is -2.41. The topological polar surface area (TPSA) is 74.0 Å². The summed E-state index contributed by atoms with van der Waals surface area (Å²) in [5, 5.41) is 1.11. The van der Waals surface area contributed by atoms with Gasteiger partial charge in [-0.25, -0.2) is 4.98 Å². The molecule has 3 heterocycles. The molecule has 1 fully saturated rings. The largest absolute Gasteiger partial charge is 0.490 e. The minimum atomic E-state index is -0.135. The molecule has 6 heteroatoms. The molecule has 118 valence electrons. The van der Waals surface area contributed by atoms with Gasteiger partial charge in [-0.3, -0.25) is 4.79 Å². The summed E-state index contributed by atoms with van der Waals surface area (Å²) in [6.07, 6.45) is 7.00. The van der Waals surface area contributed by atoms with Crippen LogP contribution in [0.3, 0.4) is 0 Å². The van der Waals surface area contributed by atoms with Gasteiger partial charge in [0.25, 0.3) is 5.56 Å². The van der Waals surface area contributed by atoms with Crippen LogP contribution in [-0.2, 0) is 0 Å². The standard InChI is InChI=1S/C17H18N4O2/c22-17-16(19-8-9-20-17)21-10-5-12(6-11-21)23-15-3-1-2-14-13(15)4-7-18-14/h1-4,7-9,12,18H,5-6,10-11H2,(H,20,22). The van der Waals surface area contributed by atoms with Gasteiger partial charge in [-0.2, -0.15) is 0 Å². The summed E-state index contributed by atoms with van der Waals surface area (Å²) in [5.41, 5.74) is 0.948. The first-order valence-corrected chi connectivity index (χ1v) is 7.83. The van der Waals surface area contributed by atoms with Crippen LogP contribution in [-0.4, -0.2) is 34.1 Å². The van der Waals surface area contributed by atoms with Gasteiger partial charge in [-0.1, -0.05) is 6.07 Å². The number of piperidine rings is 1. The average molecular weight is 310 g/mol. The average Bonchev–Trinajstić information content (AvgIpc) is 3.06. The van der Waals surface area contributed by atoms with E-state index in [1.807, 2.05) is 35.4 Å². The van der Waals surface area contributed by atoms with E-state index >= 15 is 0 Å². The Hall–Kier alpha value is -2.76. The van der Waals surface area contributed by atoms with Crippen molar-refractivity contribution >= 4 is 16.7 Å². The maximum Gasteiger partial charge on any atom is 0.290 e. The minimum absolute atomic E-state index is 0.135. The predicted octanol–water partition coefficient (Wildman–Crippen LogP) is 2.30. The fourth-order valence-corrected chi connectivity index (χ4v) is 3.09. The zero-order valence-electron chi connectivity index (χ0n) is 12.7. The van der Waals surface area contributed by atoms with E-state index in [1.165, 1.54) is 0 Å². The molecule has 1 aromatic carbocycles. The van der Waals surface area contributed by atoms with Crippen molar-refractivity contribution in [2.75, 3.05) is 18.0 Å². The molecule has 0 radical (unpaired) electrons. The first-order chi connectivity index (χ1) is 11.3. The third-order valence-corrected chi connectivity index (χ3v) is 4.28. The maximum absolute atomic E-state index is 11.8. The van der Waals surface area contributed by atoms with Crippen LogP contribution in [0.5, 0.6) is 5.75 Å². The van der Waals surface area contributed by atoms with Crippen molar-refractivity contribution in [1.29, 1.82) is 0 Å². The number of nitrogens with one attached hydrogen (secondary N) is 2. The molecule has 0 amide bonds. The van der Waals surface area contributed by atoms with Crippen LogP contribution in [0.25, 0.3) is 10.9 Å². The summed E-state index contributed by atoms with van der Waals surface area (Å²) in [4.78, 5) is 23.9. The summed E-state index contributed by atoms with van der Waals surface area (Å²) < 4.78 is 6.19. The summed E-state index contributed by atoms with van der Waals surface area (Å²) in [5.74, 6) is 1.41. The number of aromatic amines is 2. The lowest BCUT2D eigenvalue weighted by molar-refractivity contribution is 0.173. The zero-order chi connectivity index (χ0) is 15.6. The lowest BCUT2D eigenvalue weighted by atomic mass is 10.1. The molecule has 0 aliphatic carbocycles. The number of aromatic nitrogens is 3. The molecule has 0 unspecified atom stereocenters. The Morgan fingerprint density at radius 2 is 2.00 bits per heavy atom. The first-order valence-electron chi connectivity index (χ1n) is 7.83. The number of rotatable bonds is 3. The molecule has 6 nitrogen and oxygen atoms in total. The number of fused-ring (bicyclic) bond motifs is 1. The summed E-state index contributed by atoms with van der Waals surface area (Å²) in [6.45, 7) is 1.54. The number of ether oxygens (including phenoxy) is 1. The van der Waals surface area contributed by atoms with Crippen molar-refractivity contribution < 1.29 is 4.74 Å². The molecule has 23 heavy (non-hydrogen) atoms. The second kappa shape index (κ2) is 5.79. The quantitative estimate of drug-likeness (QED) is 0.778. The highest BCUT2D eigenvalue weighted by Crippen LogP contribution is 2.27. The molecule has 1 aliphatic rings. The van der Waals surface area contributed by atoms with Gasteiger partial charge in [0.05, 0.1) is 0 Å². The molecule has 0 saturated carbocycles. The van der Waals surface area contributed by atoms with E-state index in [4.69, 9.17) is 4.74 Å². The van der Waals surface area contributed by atoms with Crippen LogP contribution in [0.15, 0.2) is 47.7 Å². The summed E-state index contributed by atoms with van der Waals surface area (Å²) in [6, 6.07) is 8.08. The van der Waals surface area contributed by atoms with Crippen LogP contribution >= 0.6 is 0 Å². The van der Waals surface area contributed by atoms with Gasteiger partial charge in [0.1, 0.15) is 11.9 Å². The lowest BCUT2D eigenvalue weighted by Gasteiger charge is -2.32. The van der Waals surface area contributed by atoms with E-state index < -0.39 is 0 Å². The van der Waals surface area contributed by atoms with Crippen LogP contribution in [0, 0.1) is 0 Å². The number of benzene rings is 1. The van der Waals surface area contributed by atoms with E-state index in [1.54, 1.807) is 12.4 Å². The normalized spacial score (nSPS) is 15.9. The van der Waals surface area contributed by atoms with Crippen molar-refractivity contribution in [3.05, 3.63) is 53.2 Å². The Bertz CT molecular complexity index is 862. The Balaban J connectivity index is 1.45. The van der Waals surface area contributed by atoms with Gasteiger partial charge < -0.3 is 19.6 Å². The smallest absolute Gasteiger partial charge is 0.290 e. The van der Waals surface area contributed by atoms with Crippen LogP contribution in [0.1, 0.15) is 12.8 Å². The molecular formula is C17H18N4O2. The second-order valence-corrected chi connectivity index (χ2v) is 5.74. The van der Waals surface area contributed by atoms with Crippen LogP contribution in [0.2, 0.25) is 0 Å². The highest BCUT2D eigenvalue weighted by atomic mass is 16.5. The molecule has 0 atom stereocenters. The SMILES string of the molecule is O=c1[nH]ccnc1N1CCC(Oc2cccc3[nH]ccc23)CC1. The van der Waals surface area contributed by atoms with Gasteiger partial charge >= 0.3 is 0 Å². The van der Waals surface area contributed by atoms with Gasteiger partial charge in [-0.05, 0) is 18.2 Å². The zero-order valence-corrected chi connectivity index (χ0v) is 12.7. The number of anilines is 1. The van der Waals surface area contributed by atoms with E-state index in [2.05, 4.69) is 15.0 Å². The van der Waals surface area contributed by atoms with Crippen molar-refractivity contribution in [1.82, 2.24) is 15.0 Å². The second-order valence-electron chi connectivity index (χ2n) is 5.74. The molecule has 0 spiro atoms. The van der Waals surface area contributed by atoms with Crippen LogP contribution in [0.4, 0.5) is 5.82 Å². The fraction of sp³-hybridized carbons (Fsp3) is 0.294. The summed E-state index contributed by atoms with van der Waals surface area (Å²) in [7, 11) is 0. The Kier molecular flexibility index (Phi) is 3.49. The van der Waals surface area contributed by atoms with Crippen LogP contribution < -0.4 is 15.2 Å². The van der Waals surface area contributed by atoms with E-state index in [-0.39, 0.29) is 11.7 Å². The van der Waals surface area contributed by atoms with E-state index in [0.29, 0.717) is 5.82 Å². The highest BCUT2D eigenvalue weighted by molar-refractivity contribution is 5.85. The summed E-state index contributed by atoms with van der Waals surface area (Å²) >= 11 is 0. The van der Waals surface area contributed by atoms with Gasteiger partial charge in [0.15, 0.2) is 5.82 Å². The monoisotopic (exact) mass is 310 g/mol. The van der Waals surface area contributed by atoms with Gasteiger partial charge in [0, 0.05) is 55.4 Å². The Labute approximate surface area is 133 Å². The number of H-pyrrole nitrogens is 2. The predicted molar refractivity (Wildman–Crippen MR) is 89.0 cm³/mol. The molecule has 0 bridgehead atoms. The van der Waals surface area contributed by atoms with Crippen molar-refractivity contribution in [2.45, 2.75) is 18.9 Å². The molecule has 1 aliphatic heterocycles. The number of hydrogen-bond acceptors (Lipinski definition) is 4. The molecule has 1 saturated heterocycles. The van der Waals surface area contributed by atoms with Crippen molar-refractivity contribution in [3.63, 3.8) is 0 Å². The molecule has 3 aromatic rings. The third kappa shape index (κ3) is 2.67.